The van der Waals surface area contributed by atoms with E-state index in [1.54, 1.807) is 32.6 Å². The average molecular weight is 928 g/mol. The predicted octanol–water partition coefficient (Wildman–Crippen LogP) is 10.1. The highest BCUT2D eigenvalue weighted by Crippen LogP contribution is 2.54. The van der Waals surface area contributed by atoms with Gasteiger partial charge in [-0.15, -0.1) is 0 Å². The van der Waals surface area contributed by atoms with E-state index in [-0.39, 0.29) is 25.1 Å². The zero-order valence-electron chi connectivity index (χ0n) is 37.8. The van der Waals surface area contributed by atoms with E-state index in [0.29, 0.717) is 42.5 Å². The van der Waals surface area contributed by atoms with Gasteiger partial charge in [-0.05, 0) is 92.5 Å². The van der Waals surface area contributed by atoms with Crippen LogP contribution in [0.5, 0.6) is 11.6 Å². The van der Waals surface area contributed by atoms with Gasteiger partial charge in [0, 0.05) is 19.6 Å². The van der Waals surface area contributed by atoms with Gasteiger partial charge in [-0.2, -0.15) is 9.97 Å². The Bertz CT molecular complexity index is 2640. The normalized spacial score (nSPS) is 16.8. The first-order valence-electron chi connectivity index (χ1n) is 22.0. The molecule has 0 spiro atoms. The van der Waals surface area contributed by atoms with Crippen LogP contribution in [0.15, 0.2) is 152 Å². The maximum absolute atomic E-state index is 13.4. The Labute approximate surface area is 391 Å². The molecule has 342 valence electrons. The van der Waals surface area contributed by atoms with Crippen LogP contribution < -0.4 is 14.8 Å². The summed E-state index contributed by atoms with van der Waals surface area (Å²) in [6.45, 7) is 3.19. The number of anilines is 1. The third-order valence-corrected chi connectivity index (χ3v) is 14.1. The van der Waals surface area contributed by atoms with E-state index in [1.807, 2.05) is 73.9 Å². The van der Waals surface area contributed by atoms with Crippen LogP contribution in [0.2, 0.25) is 0 Å². The number of carbonyl (C=O) groups is 1. The number of hydrogen-bond donors (Lipinski definition) is 1. The van der Waals surface area contributed by atoms with E-state index in [2.05, 4.69) is 95.1 Å². The molecule has 0 bridgehead atoms. The SMILES string of the molecule is CN(C)P(=O)(Cl)OC[C@@H]1CN(C(c2ccccc2)(c2ccccc2)c2ccccc2)C[C@H](n2cnc3c(OCc4ccc(OC(=O)C(C)(C)C)cc4)nc(NCCc4ccccc4)nc32)O1. The Morgan fingerprint density at radius 1 is 0.803 bits per heavy atom. The lowest BCUT2D eigenvalue weighted by Gasteiger charge is -2.50. The van der Waals surface area contributed by atoms with Crippen LogP contribution in [0.25, 0.3) is 11.2 Å². The van der Waals surface area contributed by atoms with Gasteiger partial charge in [0.15, 0.2) is 11.2 Å². The zero-order chi connectivity index (χ0) is 46.3. The third kappa shape index (κ3) is 10.5. The molecule has 1 unspecified atom stereocenters. The van der Waals surface area contributed by atoms with Crippen LogP contribution >= 0.6 is 18.1 Å². The molecule has 1 saturated heterocycles. The number of fused-ring (bicyclic) bond motifs is 1. The first kappa shape index (κ1) is 46.6. The lowest BCUT2D eigenvalue weighted by atomic mass is 9.75. The molecule has 5 aromatic carbocycles. The maximum atomic E-state index is 13.4. The largest absolute Gasteiger partial charge is 0.471 e. The average Bonchev–Trinajstić information content (AvgIpc) is 3.76. The van der Waals surface area contributed by atoms with Crippen LogP contribution in [0.4, 0.5) is 5.95 Å². The maximum Gasteiger partial charge on any atom is 0.362 e. The van der Waals surface area contributed by atoms with E-state index in [1.165, 1.54) is 10.2 Å². The Morgan fingerprint density at radius 2 is 1.38 bits per heavy atom. The Hall–Kier alpha value is -5.92. The van der Waals surface area contributed by atoms with Crippen molar-refractivity contribution in [3.63, 3.8) is 0 Å². The van der Waals surface area contributed by atoms with Crippen molar-refractivity contribution in [1.29, 1.82) is 0 Å². The molecule has 8 rings (SSSR count). The second-order valence-corrected chi connectivity index (χ2v) is 20.7. The third-order valence-electron chi connectivity index (χ3n) is 11.5. The second-order valence-electron chi connectivity index (χ2n) is 17.4. The smallest absolute Gasteiger partial charge is 0.362 e. The molecule has 1 aliphatic rings. The molecule has 3 heterocycles. The summed E-state index contributed by atoms with van der Waals surface area (Å²) < 4.78 is 41.7. The minimum absolute atomic E-state index is 0.0587. The van der Waals surface area contributed by atoms with Crippen LogP contribution in [-0.2, 0) is 37.2 Å². The number of benzene rings is 5. The van der Waals surface area contributed by atoms with Crippen molar-refractivity contribution in [1.82, 2.24) is 29.1 Å². The van der Waals surface area contributed by atoms with Gasteiger partial charge in [-0.3, -0.25) is 18.8 Å². The number of aromatic nitrogens is 4. The molecule has 0 radical (unpaired) electrons. The molecular weight excluding hydrogens is 873 g/mol. The molecule has 0 amide bonds. The lowest BCUT2D eigenvalue weighted by molar-refractivity contribution is -0.145. The topological polar surface area (TPSA) is 133 Å². The Kier molecular flexibility index (Phi) is 14.3. The van der Waals surface area contributed by atoms with Gasteiger partial charge in [-0.1, -0.05) is 133 Å². The number of carbonyl (C=O) groups excluding carboxylic acids is 1. The van der Waals surface area contributed by atoms with Gasteiger partial charge >= 0.3 is 12.8 Å². The number of ether oxygens (including phenoxy) is 3. The van der Waals surface area contributed by atoms with Gasteiger partial charge in [0.1, 0.15) is 18.6 Å². The predicted molar refractivity (Wildman–Crippen MR) is 258 cm³/mol. The quantitative estimate of drug-likeness (QED) is 0.0403. The fourth-order valence-electron chi connectivity index (χ4n) is 8.02. The van der Waals surface area contributed by atoms with Gasteiger partial charge in [0.25, 0.3) is 0 Å². The van der Waals surface area contributed by atoms with E-state index >= 15 is 0 Å². The number of rotatable bonds is 17. The first-order chi connectivity index (χ1) is 31.8. The molecule has 1 N–H and O–H groups in total. The number of halogens is 1. The Morgan fingerprint density at radius 3 is 1.94 bits per heavy atom. The number of imidazole rings is 1. The molecule has 0 aliphatic carbocycles. The van der Waals surface area contributed by atoms with Gasteiger partial charge < -0.3 is 24.1 Å². The fraction of sp³-hybridized carbons (Fsp3) is 0.294. The van der Waals surface area contributed by atoms with E-state index in [9.17, 15) is 9.36 Å². The van der Waals surface area contributed by atoms with E-state index < -0.39 is 30.2 Å². The van der Waals surface area contributed by atoms with Crippen molar-refractivity contribution in [2.45, 2.75) is 51.7 Å². The second kappa shape index (κ2) is 20.3. The molecule has 7 aromatic rings. The highest BCUT2D eigenvalue weighted by molar-refractivity contribution is 7.83. The van der Waals surface area contributed by atoms with Gasteiger partial charge in [-0.25, -0.2) is 9.65 Å². The van der Waals surface area contributed by atoms with Crippen LogP contribution in [0, 0.1) is 5.41 Å². The van der Waals surface area contributed by atoms with Gasteiger partial charge in [0.2, 0.25) is 11.8 Å². The molecule has 0 saturated carbocycles. The molecule has 1 aliphatic heterocycles. The van der Waals surface area contributed by atoms with E-state index in [4.69, 9.17) is 44.9 Å². The van der Waals surface area contributed by atoms with Crippen molar-refractivity contribution >= 4 is 41.2 Å². The first-order valence-corrected chi connectivity index (χ1v) is 24.4. The molecule has 3 atom stereocenters. The number of nitrogens with zero attached hydrogens (tertiary/aromatic N) is 6. The summed E-state index contributed by atoms with van der Waals surface area (Å²) in [7, 11) is 3.25. The van der Waals surface area contributed by atoms with E-state index in [0.717, 1.165) is 28.7 Å². The molecular formula is C51H55ClN7O6P. The zero-order valence-corrected chi connectivity index (χ0v) is 39.4. The number of esters is 1. The highest BCUT2D eigenvalue weighted by atomic mass is 35.7. The van der Waals surface area contributed by atoms with Gasteiger partial charge in [0.05, 0.1) is 30.0 Å². The molecule has 66 heavy (non-hydrogen) atoms. The summed E-state index contributed by atoms with van der Waals surface area (Å²) in [4.78, 5) is 29.7. The van der Waals surface area contributed by atoms with Crippen molar-refractivity contribution in [3.8, 4) is 11.6 Å². The standard InChI is InChI=1S/C51H55ClN7O6P/c1-50(2,3)48(60)65-42-28-26-38(27-29-42)34-62-47-45-46(55-49(56-47)53-31-30-37-18-10-6-11-19-37)59(36-54-45)44-33-58(32-43(64-44)35-63-66(52,61)57(4)5)51(39-20-12-7-13-21-39,40-22-14-8-15-23-40)41-24-16-9-17-25-41/h6-29,36,43-44H,30-35H2,1-5H3,(H,53,55,56)/t43-,44+,66?/m0/s1. The molecule has 15 heteroatoms. The van der Waals surface area contributed by atoms with Crippen molar-refractivity contribution in [2.75, 3.05) is 45.7 Å². The summed E-state index contributed by atoms with van der Waals surface area (Å²) in [6.07, 6.45) is 1.14. The monoisotopic (exact) mass is 927 g/mol. The lowest BCUT2D eigenvalue weighted by Crippen LogP contribution is -2.57. The number of hydrogen-bond acceptors (Lipinski definition) is 11. The number of morpholine rings is 1. The summed E-state index contributed by atoms with van der Waals surface area (Å²) in [5.74, 6) is 0.759. The molecule has 1 fully saturated rings. The molecule has 2 aromatic heterocycles. The van der Waals surface area contributed by atoms with Crippen molar-refractivity contribution < 1.29 is 28.1 Å². The van der Waals surface area contributed by atoms with Crippen LogP contribution in [0.3, 0.4) is 0 Å². The van der Waals surface area contributed by atoms with Crippen LogP contribution in [0.1, 0.15) is 54.8 Å². The summed E-state index contributed by atoms with van der Waals surface area (Å²) in [6, 6.07) is 48.7. The number of nitrogens with one attached hydrogen (secondary N) is 1. The Balaban J connectivity index is 1.19. The highest BCUT2D eigenvalue weighted by Gasteiger charge is 2.47. The van der Waals surface area contributed by atoms with Crippen molar-refractivity contribution in [2.24, 2.45) is 5.41 Å². The molecule has 13 nitrogen and oxygen atoms in total. The summed E-state index contributed by atoms with van der Waals surface area (Å²) >= 11 is 6.47. The minimum atomic E-state index is -3.66. The summed E-state index contributed by atoms with van der Waals surface area (Å²) in [5.41, 5.74) is 4.63. The van der Waals surface area contributed by atoms with Crippen molar-refractivity contribution in [3.05, 3.63) is 180 Å². The van der Waals surface area contributed by atoms with Crippen LogP contribution in [-0.4, -0.2) is 81.5 Å². The minimum Gasteiger partial charge on any atom is -0.471 e. The summed E-state index contributed by atoms with van der Waals surface area (Å²) in [5, 5.41) is 3.42. The fourth-order valence-corrected chi connectivity index (χ4v) is 8.77.